The number of pyridine rings is 1. The molecule has 90 valence electrons. The number of rotatable bonds is 2. The Morgan fingerprint density at radius 2 is 2.24 bits per heavy atom. The van der Waals surface area contributed by atoms with Crippen LogP contribution in [-0.2, 0) is 0 Å². The number of nitrogens with one attached hydrogen (secondary N) is 1. The van der Waals surface area contributed by atoms with Gasteiger partial charge in [-0.1, -0.05) is 0 Å². The topological polar surface area (TPSA) is 65.0 Å². The zero-order chi connectivity index (χ0) is 11.7. The minimum Gasteiger partial charge on any atom is -0.396 e. The van der Waals surface area contributed by atoms with Gasteiger partial charge in [-0.3, -0.25) is 0 Å². The van der Waals surface area contributed by atoms with E-state index in [1.807, 2.05) is 12.1 Å². The average molecular weight is 232 g/mol. The number of aliphatic hydroxyl groups is 1. The summed E-state index contributed by atoms with van der Waals surface area (Å²) in [6, 6.07) is 3.89. The van der Waals surface area contributed by atoms with Crippen LogP contribution >= 0.6 is 0 Å². The van der Waals surface area contributed by atoms with E-state index < -0.39 is 0 Å². The lowest BCUT2D eigenvalue weighted by atomic mass is 9.98. The second kappa shape index (κ2) is 4.33. The van der Waals surface area contributed by atoms with Gasteiger partial charge in [0, 0.05) is 25.9 Å². The van der Waals surface area contributed by atoms with Gasteiger partial charge in [0.25, 0.3) is 0 Å². The lowest BCUT2D eigenvalue weighted by molar-refractivity contribution is 0.202. The first-order valence-electron chi connectivity index (χ1n) is 6.03. The minimum atomic E-state index is 0.301. The molecule has 1 aliphatic rings. The number of hydrogen-bond acceptors (Lipinski definition) is 4. The van der Waals surface area contributed by atoms with Crippen molar-refractivity contribution in [3.05, 3.63) is 18.3 Å². The van der Waals surface area contributed by atoms with Gasteiger partial charge < -0.3 is 15.0 Å². The predicted octanol–water partition coefficient (Wildman–Crippen LogP) is 1.17. The molecule has 0 atom stereocenters. The van der Waals surface area contributed by atoms with Crippen LogP contribution in [0.3, 0.4) is 0 Å². The molecule has 1 fully saturated rings. The summed E-state index contributed by atoms with van der Waals surface area (Å²) in [7, 11) is 0. The standard InChI is InChI=1S/C12H16N4O/c17-8-9-3-6-16(7-4-9)12-14-10-2-1-5-13-11(10)15-12/h1-2,5,9,17H,3-4,6-8H2,(H,13,14,15). The molecule has 0 radical (unpaired) electrons. The van der Waals surface area contributed by atoms with Crippen LogP contribution in [0.1, 0.15) is 12.8 Å². The molecule has 2 N–H and O–H groups in total. The van der Waals surface area contributed by atoms with Crippen LogP contribution < -0.4 is 4.90 Å². The molecule has 3 rings (SSSR count). The van der Waals surface area contributed by atoms with E-state index in [4.69, 9.17) is 5.11 Å². The first-order valence-corrected chi connectivity index (χ1v) is 6.03. The molecule has 1 aliphatic heterocycles. The van der Waals surface area contributed by atoms with Crippen LogP contribution in [0, 0.1) is 5.92 Å². The molecule has 2 aromatic rings. The molecule has 5 heteroatoms. The first-order chi connectivity index (χ1) is 8.36. The molecule has 5 nitrogen and oxygen atoms in total. The Bertz CT molecular complexity index is 469. The maximum absolute atomic E-state index is 9.11. The number of nitrogens with zero attached hydrogens (tertiary/aromatic N) is 3. The quantitative estimate of drug-likeness (QED) is 0.815. The Kier molecular flexibility index (Phi) is 2.68. The fraction of sp³-hybridized carbons (Fsp3) is 0.500. The molecule has 0 aliphatic carbocycles. The molecule has 0 amide bonds. The molecular weight excluding hydrogens is 216 g/mol. The fourth-order valence-corrected chi connectivity index (χ4v) is 2.31. The average Bonchev–Trinajstić information content (AvgIpc) is 2.82. The third-order valence-corrected chi connectivity index (χ3v) is 3.42. The summed E-state index contributed by atoms with van der Waals surface area (Å²) < 4.78 is 0. The molecular formula is C12H16N4O. The Hall–Kier alpha value is -1.62. The largest absolute Gasteiger partial charge is 0.396 e. The normalized spacial score (nSPS) is 17.8. The molecule has 0 saturated carbocycles. The molecule has 17 heavy (non-hydrogen) atoms. The van der Waals surface area contributed by atoms with E-state index in [-0.39, 0.29) is 0 Å². The van der Waals surface area contributed by atoms with Gasteiger partial charge in [0.2, 0.25) is 5.95 Å². The summed E-state index contributed by atoms with van der Waals surface area (Å²) in [5.74, 6) is 1.35. The number of piperidine rings is 1. The summed E-state index contributed by atoms with van der Waals surface area (Å²) in [5, 5.41) is 9.11. The number of imidazole rings is 1. The van der Waals surface area contributed by atoms with Crippen LogP contribution in [0.2, 0.25) is 0 Å². The van der Waals surface area contributed by atoms with Crippen molar-refractivity contribution in [2.24, 2.45) is 5.92 Å². The van der Waals surface area contributed by atoms with E-state index in [1.54, 1.807) is 6.20 Å². The predicted molar refractivity (Wildman–Crippen MR) is 65.9 cm³/mol. The monoisotopic (exact) mass is 232 g/mol. The highest BCUT2D eigenvalue weighted by Crippen LogP contribution is 2.22. The number of aromatic nitrogens is 3. The number of fused-ring (bicyclic) bond motifs is 1. The van der Waals surface area contributed by atoms with Gasteiger partial charge in [-0.2, -0.15) is 4.98 Å². The van der Waals surface area contributed by atoms with Crippen LogP contribution in [0.4, 0.5) is 5.95 Å². The summed E-state index contributed by atoms with van der Waals surface area (Å²) in [6.07, 6.45) is 3.81. The molecule has 0 spiro atoms. The van der Waals surface area contributed by atoms with Crippen molar-refractivity contribution < 1.29 is 5.11 Å². The number of aliphatic hydroxyl groups excluding tert-OH is 1. The first kappa shape index (κ1) is 10.5. The molecule has 1 saturated heterocycles. The smallest absolute Gasteiger partial charge is 0.205 e. The SMILES string of the molecule is OCC1CCN(c2nc3ncccc3[nH]2)CC1. The molecule has 2 aromatic heterocycles. The number of anilines is 1. The molecule has 0 aromatic carbocycles. The third kappa shape index (κ3) is 1.98. The number of aromatic amines is 1. The van der Waals surface area contributed by atoms with Gasteiger partial charge in [-0.15, -0.1) is 0 Å². The second-order valence-corrected chi connectivity index (χ2v) is 4.55. The maximum Gasteiger partial charge on any atom is 0.205 e. The van der Waals surface area contributed by atoms with Crippen LogP contribution in [0.5, 0.6) is 0 Å². The van der Waals surface area contributed by atoms with Crippen LogP contribution in [0.25, 0.3) is 11.2 Å². The molecule has 0 bridgehead atoms. The third-order valence-electron chi connectivity index (χ3n) is 3.42. The van der Waals surface area contributed by atoms with Gasteiger partial charge >= 0.3 is 0 Å². The minimum absolute atomic E-state index is 0.301. The van der Waals surface area contributed by atoms with Crippen molar-refractivity contribution >= 4 is 17.1 Å². The highest BCUT2D eigenvalue weighted by Gasteiger charge is 2.20. The fourth-order valence-electron chi connectivity index (χ4n) is 2.31. The van der Waals surface area contributed by atoms with Gasteiger partial charge in [-0.25, -0.2) is 4.98 Å². The van der Waals surface area contributed by atoms with E-state index in [2.05, 4.69) is 19.9 Å². The van der Waals surface area contributed by atoms with Crippen molar-refractivity contribution in [3.8, 4) is 0 Å². The van der Waals surface area contributed by atoms with Gasteiger partial charge in [0.05, 0.1) is 5.52 Å². The second-order valence-electron chi connectivity index (χ2n) is 4.55. The summed E-state index contributed by atoms with van der Waals surface area (Å²) in [6.45, 7) is 2.20. The lowest BCUT2D eigenvalue weighted by Gasteiger charge is -2.30. The van der Waals surface area contributed by atoms with E-state index >= 15 is 0 Å². The zero-order valence-electron chi connectivity index (χ0n) is 9.63. The summed E-state index contributed by atoms with van der Waals surface area (Å²) in [5.41, 5.74) is 1.75. The van der Waals surface area contributed by atoms with Gasteiger partial charge in [0.15, 0.2) is 5.65 Å². The van der Waals surface area contributed by atoms with E-state index in [9.17, 15) is 0 Å². The Morgan fingerprint density at radius 3 is 2.94 bits per heavy atom. The molecule has 3 heterocycles. The summed E-state index contributed by atoms with van der Waals surface area (Å²) in [4.78, 5) is 14.2. The van der Waals surface area contributed by atoms with Crippen molar-refractivity contribution in [1.82, 2.24) is 15.0 Å². The summed E-state index contributed by atoms with van der Waals surface area (Å²) >= 11 is 0. The number of hydrogen-bond donors (Lipinski definition) is 2. The van der Waals surface area contributed by atoms with Gasteiger partial charge in [-0.05, 0) is 30.9 Å². The molecule has 0 unspecified atom stereocenters. The Morgan fingerprint density at radius 1 is 1.41 bits per heavy atom. The Labute approximate surface area is 99.5 Å². The van der Waals surface area contributed by atoms with E-state index in [0.29, 0.717) is 12.5 Å². The van der Waals surface area contributed by atoms with Gasteiger partial charge in [0.1, 0.15) is 0 Å². The van der Waals surface area contributed by atoms with E-state index in [0.717, 1.165) is 43.0 Å². The van der Waals surface area contributed by atoms with Crippen LogP contribution in [0.15, 0.2) is 18.3 Å². The maximum atomic E-state index is 9.11. The lowest BCUT2D eigenvalue weighted by Crippen LogP contribution is -2.35. The highest BCUT2D eigenvalue weighted by molar-refractivity contribution is 5.73. The van der Waals surface area contributed by atoms with Crippen molar-refractivity contribution in [3.63, 3.8) is 0 Å². The zero-order valence-corrected chi connectivity index (χ0v) is 9.63. The number of H-pyrrole nitrogens is 1. The highest BCUT2D eigenvalue weighted by atomic mass is 16.3. The van der Waals surface area contributed by atoms with Crippen molar-refractivity contribution in [2.75, 3.05) is 24.6 Å². The van der Waals surface area contributed by atoms with Crippen molar-refractivity contribution in [2.45, 2.75) is 12.8 Å². The van der Waals surface area contributed by atoms with E-state index in [1.165, 1.54) is 0 Å². The Balaban J connectivity index is 1.80. The van der Waals surface area contributed by atoms with Crippen LogP contribution in [-0.4, -0.2) is 39.8 Å². The van der Waals surface area contributed by atoms with Crippen molar-refractivity contribution in [1.29, 1.82) is 0 Å².